The summed E-state index contributed by atoms with van der Waals surface area (Å²) in [5.74, 6) is 0.189. The molecule has 2 heteroatoms. The van der Waals surface area contributed by atoms with E-state index in [9.17, 15) is 5.26 Å². The van der Waals surface area contributed by atoms with Gasteiger partial charge in [0.05, 0.1) is 11.6 Å². The summed E-state index contributed by atoms with van der Waals surface area (Å²) in [6.07, 6.45) is 0.918. The Hall–Kier alpha value is -6.17. The zero-order valence-electron chi connectivity index (χ0n) is 25.5. The van der Waals surface area contributed by atoms with Crippen LogP contribution in [0.3, 0.4) is 0 Å². The minimum absolute atomic E-state index is 0.189. The highest BCUT2D eigenvalue weighted by Gasteiger charge is 2.27. The van der Waals surface area contributed by atoms with Crippen molar-refractivity contribution < 1.29 is 4.42 Å². The van der Waals surface area contributed by atoms with Gasteiger partial charge in [-0.3, -0.25) is 0 Å². The first kappa shape index (κ1) is 26.1. The van der Waals surface area contributed by atoms with Crippen LogP contribution in [-0.2, 0) is 6.42 Å². The summed E-state index contributed by atoms with van der Waals surface area (Å²) in [7, 11) is 0. The summed E-state index contributed by atoms with van der Waals surface area (Å²) >= 11 is 0. The molecule has 0 amide bonds. The fourth-order valence-corrected chi connectivity index (χ4v) is 8.09. The van der Waals surface area contributed by atoms with Crippen LogP contribution in [0.1, 0.15) is 28.2 Å². The fraction of sp³-hybridized carbons (Fsp3) is 0.0444. The third-order valence-corrected chi connectivity index (χ3v) is 10.3. The second-order valence-corrected chi connectivity index (χ2v) is 12.7. The van der Waals surface area contributed by atoms with Crippen molar-refractivity contribution >= 4 is 54.3 Å². The van der Waals surface area contributed by atoms with Crippen LogP contribution in [0, 0.1) is 11.3 Å². The Morgan fingerprint density at radius 1 is 0.511 bits per heavy atom. The van der Waals surface area contributed by atoms with Gasteiger partial charge in [-0.15, -0.1) is 0 Å². The highest BCUT2D eigenvalue weighted by molar-refractivity contribution is 6.26. The van der Waals surface area contributed by atoms with Gasteiger partial charge in [-0.25, -0.2) is 0 Å². The van der Waals surface area contributed by atoms with E-state index in [-0.39, 0.29) is 5.92 Å². The average Bonchev–Trinajstić information content (AvgIpc) is 3.52. The molecule has 1 heterocycles. The molecule has 8 aromatic carbocycles. The molecule has 0 saturated heterocycles. The normalized spacial score (nSPS) is 14.1. The molecule has 9 aromatic rings. The molecule has 1 aromatic heterocycles. The Morgan fingerprint density at radius 3 is 1.98 bits per heavy atom. The lowest BCUT2D eigenvalue weighted by Gasteiger charge is -2.28. The maximum absolute atomic E-state index is 9.65. The Kier molecular flexibility index (Phi) is 5.50. The predicted molar refractivity (Wildman–Crippen MR) is 194 cm³/mol. The van der Waals surface area contributed by atoms with Crippen molar-refractivity contribution in [1.29, 1.82) is 5.26 Å². The third kappa shape index (κ3) is 3.84. The average molecular weight is 598 g/mol. The monoisotopic (exact) mass is 597 g/mol. The molecule has 1 unspecified atom stereocenters. The zero-order chi connectivity index (χ0) is 31.1. The Labute approximate surface area is 271 Å². The number of nitriles is 1. The van der Waals surface area contributed by atoms with E-state index in [4.69, 9.17) is 4.42 Å². The second kappa shape index (κ2) is 9.91. The van der Waals surface area contributed by atoms with E-state index in [0.717, 1.165) is 45.0 Å². The molecule has 10 rings (SSSR count). The van der Waals surface area contributed by atoms with Crippen LogP contribution >= 0.6 is 0 Å². The Balaban J connectivity index is 1.14. The SMILES string of the molecule is N#Cc1ccc2c(c1)-c1ccccc1CC2c1ccc2oc3c(-c4ccc5c6ccccc6c6ccccc6c5c4)cccc3c2c1. The summed E-state index contributed by atoms with van der Waals surface area (Å²) in [4.78, 5) is 0. The fourth-order valence-electron chi connectivity index (χ4n) is 8.09. The number of benzene rings is 8. The second-order valence-electron chi connectivity index (χ2n) is 12.7. The van der Waals surface area contributed by atoms with E-state index in [1.54, 1.807) is 0 Å². The Bertz CT molecular complexity index is 2760. The van der Waals surface area contributed by atoms with E-state index in [2.05, 4.69) is 140 Å². The summed E-state index contributed by atoms with van der Waals surface area (Å²) in [6, 6.07) is 54.6. The molecule has 0 aliphatic heterocycles. The van der Waals surface area contributed by atoms with Crippen molar-refractivity contribution in [2.24, 2.45) is 0 Å². The number of nitrogens with zero attached hydrogens (tertiary/aromatic N) is 1. The summed E-state index contributed by atoms with van der Waals surface area (Å²) in [5.41, 5.74) is 11.0. The largest absolute Gasteiger partial charge is 0.455 e. The molecule has 1 aliphatic rings. The van der Waals surface area contributed by atoms with E-state index in [1.165, 1.54) is 54.6 Å². The minimum atomic E-state index is 0.189. The van der Waals surface area contributed by atoms with Gasteiger partial charge in [0.25, 0.3) is 0 Å². The van der Waals surface area contributed by atoms with Crippen molar-refractivity contribution in [2.45, 2.75) is 12.3 Å². The minimum Gasteiger partial charge on any atom is -0.455 e. The lowest BCUT2D eigenvalue weighted by Crippen LogP contribution is -2.12. The van der Waals surface area contributed by atoms with Gasteiger partial charge in [-0.05, 0) is 102 Å². The number of para-hydroxylation sites is 1. The van der Waals surface area contributed by atoms with Crippen molar-refractivity contribution in [3.05, 3.63) is 168 Å². The van der Waals surface area contributed by atoms with E-state index < -0.39 is 0 Å². The molecular formula is C45H27NO. The van der Waals surface area contributed by atoms with Gasteiger partial charge in [-0.2, -0.15) is 5.26 Å². The molecular weight excluding hydrogens is 571 g/mol. The van der Waals surface area contributed by atoms with Gasteiger partial charge in [0.2, 0.25) is 0 Å². The molecule has 0 fully saturated rings. The molecule has 0 saturated carbocycles. The van der Waals surface area contributed by atoms with Crippen LogP contribution in [0.15, 0.2) is 150 Å². The zero-order valence-corrected chi connectivity index (χ0v) is 25.5. The molecule has 0 spiro atoms. The lowest BCUT2D eigenvalue weighted by molar-refractivity contribution is 0.669. The van der Waals surface area contributed by atoms with Crippen LogP contribution in [0.25, 0.3) is 76.5 Å². The quantitative estimate of drug-likeness (QED) is 0.186. The molecule has 2 nitrogen and oxygen atoms in total. The topological polar surface area (TPSA) is 36.9 Å². The standard InChI is InChI=1S/C45H27NO/c46-26-27-16-19-38-40(23-28-8-1-2-9-31(28)41(38)22-27)30-18-21-44-43(25-30)39-15-7-14-32(45(39)47-44)29-17-20-37-35-12-4-3-10-33(35)34-11-5-6-13-36(34)42(37)24-29/h1-22,24-25,40H,23H2. The van der Waals surface area contributed by atoms with E-state index >= 15 is 0 Å². The molecule has 1 atom stereocenters. The highest BCUT2D eigenvalue weighted by Crippen LogP contribution is 2.45. The Morgan fingerprint density at radius 2 is 1.19 bits per heavy atom. The van der Waals surface area contributed by atoms with Gasteiger partial charge in [0.15, 0.2) is 0 Å². The van der Waals surface area contributed by atoms with Crippen LogP contribution < -0.4 is 0 Å². The van der Waals surface area contributed by atoms with Crippen molar-refractivity contribution in [2.75, 3.05) is 0 Å². The summed E-state index contributed by atoms with van der Waals surface area (Å²) in [6.45, 7) is 0. The summed E-state index contributed by atoms with van der Waals surface area (Å²) in [5, 5.41) is 19.5. The van der Waals surface area contributed by atoms with Gasteiger partial charge in [0, 0.05) is 22.3 Å². The van der Waals surface area contributed by atoms with Gasteiger partial charge < -0.3 is 4.42 Å². The van der Waals surface area contributed by atoms with Crippen molar-refractivity contribution in [3.63, 3.8) is 0 Å². The maximum atomic E-state index is 9.65. The predicted octanol–water partition coefficient (Wildman–Crippen LogP) is 11.9. The smallest absolute Gasteiger partial charge is 0.143 e. The lowest BCUT2D eigenvalue weighted by atomic mass is 9.75. The van der Waals surface area contributed by atoms with Crippen LogP contribution in [-0.4, -0.2) is 0 Å². The molecule has 1 aliphatic carbocycles. The maximum Gasteiger partial charge on any atom is 0.143 e. The van der Waals surface area contributed by atoms with E-state index in [0.29, 0.717) is 5.56 Å². The van der Waals surface area contributed by atoms with E-state index in [1.807, 2.05) is 12.1 Å². The highest BCUT2D eigenvalue weighted by atomic mass is 16.3. The number of hydrogen-bond donors (Lipinski definition) is 0. The van der Waals surface area contributed by atoms with Gasteiger partial charge in [0.1, 0.15) is 11.2 Å². The van der Waals surface area contributed by atoms with Gasteiger partial charge in [-0.1, -0.05) is 115 Å². The number of rotatable bonds is 2. The molecule has 218 valence electrons. The van der Waals surface area contributed by atoms with Crippen LogP contribution in [0.4, 0.5) is 0 Å². The molecule has 0 N–H and O–H groups in total. The first-order valence-electron chi connectivity index (χ1n) is 16.2. The number of hydrogen-bond acceptors (Lipinski definition) is 2. The van der Waals surface area contributed by atoms with Crippen molar-refractivity contribution in [1.82, 2.24) is 0 Å². The number of fused-ring (bicyclic) bond motifs is 12. The summed E-state index contributed by atoms with van der Waals surface area (Å²) < 4.78 is 6.67. The van der Waals surface area contributed by atoms with Gasteiger partial charge >= 0.3 is 0 Å². The first-order chi connectivity index (χ1) is 23.2. The molecule has 0 bridgehead atoms. The third-order valence-electron chi connectivity index (χ3n) is 10.3. The molecule has 0 radical (unpaired) electrons. The van der Waals surface area contributed by atoms with Crippen LogP contribution in [0.5, 0.6) is 0 Å². The first-order valence-corrected chi connectivity index (χ1v) is 16.2. The molecule has 47 heavy (non-hydrogen) atoms. The van der Waals surface area contributed by atoms with Crippen molar-refractivity contribution in [3.8, 4) is 28.3 Å². The van der Waals surface area contributed by atoms with Crippen LogP contribution in [0.2, 0.25) is 0 Å². The number of furan rings is 1.